The number of likely N-dealkylation sites (N-methyl/N-ethyl adjacent to an activating group) is 1. The lowest BCUT2D eigenvalue weighted by atomic mass is 9.95. The smallest absolute Gasteiger partial charge is 0.0490 e. The maximum Gasteiger partial charge on any atom is 0.0490 e. The van der Waals surface area contributed by atoms with E-state index in [4.69, 9.17) is 0 Å². The molecule has 108 valence electrons. The quantitative estimate of drug-likeness (QED) is 0.894. The molecule has 2 aromatic rings. The number of nitrogens with one attached hydrogen (secondary N) is 2. The number of hydrogen-bond acceptors (Lipinski definition) is 2. The Morgan fingerprint density at radius 1 is 1.25 bits per heavy atom. The van der Waals surface area contributed by atoms with Crippen LogP contribution in [0.2, 0.25) is 0 Å². The summed E-state index contributed by atoms with van der Waals surface area (Å²) in [6.07, 6.45) is 2.03. The molecule has 0 aliphatic heterocycles. The number of aryl methyl sites for hydroxylation is 2. The molecule has 3 nitrogen and oxygen atoms in total. The first-order chi connectivity index (χ1) is 9.47. The van der Waals surface area contributed by atoms with Crippen molar-refractivity contribution >= 4 is 16.6 Å². The van der Waals surface area contributed by atoms with Crippen molar-refractivity contribution in [2.75, 3.05) is 27.7 Å². The second kappa shape index (κ2) is 5.71. The molecule has 2 N–H and O–H groups in total. The van der Waals surface area contributed by atoms with Gasteiger partial charge in [0.2, 0.25) is 0 Å². The summed E-state index contributed by atoms with van der Waals surface area (Å²) in [4.78, 5) is 5.58. The van der Waals surface area contributed by atoms with Gasteiger partial charge in [0, 0.05) is 49.0 Å². The van der Waals surface area contributed by atoms with Gasteiger partial charge in [0.05, 0.1) is 0 Å². The first kappa shape index (κ1) is 14.7. The van der Waals surface area contributed by atoms with Gasteiger partial charge >= 0.3 is 0 Å². The minimum atomic E-state index is 0.896. The lowest BCUT2D eigenvalue weighted by Crippen LogP contribution is -2.18. The van der Waals surface area contributed by atoms with E-state index in [0.717, 1.165) is 6.54 Å². The Balaban J connectivity index is 2.78. The number of rotatable bonds is 4. The highest BCUT2D eigenvalue weighted by atomic mass is 15.1. The lowest BCUT2D eigenvalue weighted by Gasteiger charge is -2.24. The molecule has 0 atom stereocenters. The molecule has 0 spiro atoms. The largest absolute Gasteiger partial charge is 0.377 e. The van der Waals surface area contributed by atoms with E-state index < -0.39 is 0 Å². The van der Waals surface area contributed by atoms with Crippen molar-refractivity contribution in [3.63, 3.8) is 0 Å². The normalized spacial score (nSPS) is 12.7. The first-order valence-electron chi connectivity index (χ1n) is 7.06. The number of H-pyrrole nitrogens is 1. The third-order valence-electron chi connectivity index (χ3n) is 3.77. The molecular weight excluding hydrogens is 246 g/mol. The molecule has 1 aromatic carbocycles. The molecular formula is C17H25N3. The molecule has 0 fully saturated rings. The third-order valence-corrected chi connectivity index (χ3v) is 3.77. The molecule has 0 unspecified atom stereocenters. The summed E-state index contributed by atoms with van der Waals surface area (Å²) in [6.45, 7) is 7.45. The molecule has 0 aliphatic rings. The van der Waals surface area contributed by atoms with E-state index in [1.807, 2.05) is 13.2 Å². The molecule has 3 heteroatoms. The van der Waals surface area contributed by atoms with Gasteiger partial charge in [-0.2, -0.15) is 0 Å². The van der Waals surface area contributed by atoms with E-state index in [1.54, 1.807) is 0 Å². The van der Waals surface area contributed by atoms with Gasteiger partial charge < -0.3 is 15.2 Å². The van der Waals surface area contributed by atoms with Crippen LogP contribution in [-0.4, -0.2) is 37.6 Å². The Labute approximate surface area is 121 Å². The predicted octanol–water partition coefficient (Wildman–Crippen LogP) is 3.30. The zero-order valence-electron chi connectivity index (χ0n) is 13.4. The van der Waals surface area contributed by atoms with Crippen molar-refractivity contribution in [2.45, 2.75) is 20.8 Å². The number of benzene rings is 1. The van der Waals surface area contributed by atoms with Crippen molar-refractivity contribution in [3.05, 3.63) is 40.6 Å². The molecule has 0 aliphatic carbocycles. The number of aromatic amines is 1. The highest BCUT2D eigenvalue weighted by molar-refractivity contribution is 5.95. The summed E-state index contributed by atoms with van der Waals surface area (Å²) >= 11 is 0. The van der Waals surface area contributed by atoms with E-state index in [1.165, 1.54) is 38.9 Å². The highest BCUT2D eigenvalue weighted by Crippen LogP contribution is 2.32. The number of aromatic nitrogens is 1. The van der Waals surface area contributed by atoms with Crippen LogP contribution in [0.4, 0.5) is 0 Å². The summed E-state index contributed by atoms with van der Waals surface area (Å²) in [5, 5.41) is 4.56. The van der Waals surface area contributed by atoms with Gasteiger partial charge in [-0.15, -0.1) is 0 Å². The van der Waals surface area contributed by atoms with Crippen molar-refractivity contribution in [3.8, 4) is 0 Å². The van der Waals surface area contributed by atoms with Crippen LogP contribution in [-0.2, 0) is 0 Å². The van der Waals surface area contributed by atoms with E-state index in [9.17, 15) is 0 Å². The zero-order valence-corrected chi connectivity index (χ0v) is 13.4. The Morgan fingerprint density at radius 2 is 1.95 bits per heavy atom. The van der Waals surface area contributed by atoms with Gasteiger partial charge in [-0.25, -0.2) is 0 Å². The zero-order chi connectivity index (χ0) is 14.9. The van der Waals surface area contributed by atoms with Gasteiger partial charge in [-0.05, 0) is 50.6 Å². The molecule has 0 radical (unpaired) electrons. The summed E-state index contributed by atoms with van der Waals surface area (Å²) in [6, 6.07) is 4.45. The maximum atomic E-state index is 3.36. The molecule has 20 heavy (non-hydrogen) atoms. The van der Waals surface area contributed by atoms with Crippen LogP contribution in [0.1, 0.15) is 23.6 Å². The number of fused-ring (bicyclic) bond motifs is 1. The molecule has 0 amide bonds. The predicted molar refractivity (Wildman–Crippen MR) is 88.0 cm³/mol. The SMILES string of the molecule is CNC/C(C)=C(\c1c(C)cc(C)c2[nH]ccc12)N(C)C. The minimum Gasteiger partial charge on any atom is -0.377 e. The highest BCUT2D eigenvalue weighted by Gasteiger charge is 2.16. The number of nitrogens with zero attached hydrogens (tertiary/aromatic N) is 1. The third kappa shape index (κ3) is 2.46. The molecule has 0 saturated heterocycles. The van der Waals surface area contributed by atoms with E-state index in [-0.39, 0.29) is 0 Å². The molecule has 0 saturated carbocycles. The Bertz CT molecular complexity index is 648. The van der Waals surface area contributed by atoms with Crippen LogP contribution in [0.5, 0.6) is 0 Å². The molecule has 0 bridgehead atoms. The van der Waals surface area contributed by atoms with Crippen LogP contribution in [0.3, 0.4) is 0 Å². The van der Waals surface area contributed by atoms with Gasteiger partial charge in [-0.3, -0.25) is 0 Å². The van der Waals surface area contributed by atoms with E-state index in [2.05, 4.69) is 62.2 Å². The van der Waals surface area contributed by atoms with Crippen molar-refractivity contribution in [2.24, 2.45) is 0 Å². The fourth-order valence-corrected chi connectivity index (χ4v) is 3.07. The second-order valence-corrected chi connectivity index (χ2v) is 5.71. The lowest BCUT2D eigenvalue weighted by molar-refractivity contribution is 0.584. The number of hydrogen-bond donors (Lipinski definition) is 2. The van der Waals surface area contributed by atoms with Crippen molar-refractivity contribution in [1.82, 2.24) is 15.2 Å². The summed E-state index contributed by atoms with van der Waals surface area (Å²) in [5.41, 5.74) is 7.87. The minimum absolute atomic E-state index is 0.896. The van der Waals surface area contributed by atoms with Crippen LogP contribution in [0.25, 0.3) is 16.6 Å². The van der Waals surface area contributed by atoms with Crippen LogP contribution < -0.4 is 5.32 Å². The summed E-state index contributed by atoms with van der Waals surface area (Å²) in [5.74, 6) is 0. The van der Waals surface area contributed by atoms with Gasteiger partial charge in [0.15, 0.2) is 0 Å². The Morgan fingerprint density at radius 3 is 2.55 bits per heavy atom. The Hall–Kier alpha value is -1.74. The first-order valence-corrected chi connectivity index (χ1v) is 7.06. The maximum absolute atomic E-state index is 3.36. The molecule has 2 rings (SSSR count). The van der Waals surface area contributed by atoms with Gasteiger partial charge in [-0.1, -0.05) is 6.07 Å². The average molecular weight is 271 g/mol. The van der Waals surface area contributed by atoms with Gasteiger partial charge in [0.25, 0.3) is 0 Å². The van der Waals surface area contributed by atoms with Crippen molar-refractivity contribution < 1.29 is 0 Å². The summed E-state index contributed by atoms with van der Waals surface area (Å²) < 4.78 is 0. The summed E-state index contributed by atoms with van der Waals surface area (Å²) in [7, 11) is 6.23. The fourth-order valence-electron chi connectivity index (χ4n) is 3.07. The second-order valence-electron chi connectivity index (χ2n) is 5.71. The molecule has 1 aromatic heterocycles. The van der Waals surface area contributed by atoms with Gasteiger partial charge in [0.1, 0.15) is 0 Å². The fraction of sp³-hybridized carbons (Fsp3) is 0.412. The van der Waals surface area contributed by atoms with Crippen molar-refractivity contribution in [1.29, 1.82) is 0 Å². The monoisotopic (exact) mass is 271 g/mol. The average Bonchev–Trinajstić information content (AvgIpc) is 2.83. The standard InChI is InChI=1S/C17H25N3/c1-11-9-12(2)16-14(7-8-19-16)15(11)17(20(5)6)13(3)10-18-4/h7-9,18-19H,10H2,1-6H3/b17-13+. The topological polar surface area (TPSA) is 31.1 Å². The van der Waals surface area contributed by atoms with E-state index in [0.29, 0.717) is 0 Å². The van der Waals surface area contributed by atoms with Crippen LogP contribution in [0.15, 0.2) is 23.9 Å². The molecule has 1 heterocycles. The van der Waals surface area contributed by atoms with Crippen LogP contribution in [0, 0.1) is 13.8 Å². The van der Waals surface area contributed by atoms with E-state index >= 15 is 0 Å². The van der Waals surface area contributed by atoms with Crippen LogP contribution >= 0.6 is 0 Å². The Kier molecular flexibility index (Phi) is 4.19.